The predicted octanol–water partition coefficient (Wildman–Crippen LogP) is 1.36. The topological polar surface area (TPSA) is 95.5 Å². The smallest absolute Gasteiger partial charge is 0.321 e. The van der Waals surface area contributed by atoms with Gasteiger partial charge in [0.25, 0.3) is 0 Å². The number of carboxylic acid groups (broad SMARTS) is 1. The number of carbonyl (C=O) groups is 3. The molecule has 0 aliphatic rings. The second-order valence-electron chi connectivity index (χ2n) is 5.70. The molecule has 0 spiro atoms. The summed E-state index contributed by atoms with van der Waals surface area (Å²) >= 11 is 0. The summed E-state index contributed by atoms with van der Waals surface area (Å²) in [5, 5.41) is 13.3. The first-order valence-electron chi connectivity index (χ1n) is 5.89. The highest BCUT2D eigenvalue weighted by Gasteiger charge is 2.16. The third-order valence-electron chi connectivity index (χ3n) is 2.09. The fourth-order valence-electron chi connectivity index (χ4n) is 1.25. The molecule has 3 N–H and O–H groups in total. The Hall–Kier alpha value is -1.59. The molecule has 0 aliphatic carbocycles. The molecule has 6 heteroatoms. The number of hydrogen-bond acceptors (Lipinski definition) is 3. The fraction of sp³-hybridized carbons (Fsp3) is 0.750. The third kappa shape index (κ3) is 9.62. The number of hydrogen-bond donors (Lipinski definition) is 3. The van der Waals surface area contributed by atoms with E-state index in [2.05, 4.69) is 10.6 Å². The van der Waals surface area contributed by atoms with E-state index in [4.69, 9.17) is 5.11 Å². The predicted molar refractivity (Wildman–Crippen MR) is 67.0 cm³/mol. The molecule has 0 fully saturated rings. The van der Waals surface area contributed by atoms with Crippen molar-refractivity contribution in [3.05, 3.63) is 0 Å². The van der Waals surface area contributed by atoms with Crippen molar-refractivity contribution in [3.8, 4) is 0 Å². The van der Waals surface area contributed by atoms with Gasteiger partial charge in [0.15, 0.2) is 0 Å². The summed E-state index contributed by atoms with van der Waals surface area (Å²) in [6.45, 7) is 8.00. The Bertz CT molecular complexity index is 321. The second-order valence-corrected chi connectivity index (χ2v) is 5.70. The quantitative estimate of drug-likeness (QED) is 0.693. The van der Waals surface area contributed by atoms with Crippen LogP contribution in [-0.4, -0.2) is 29.6 Å². The Balaban J connectivity index is 3.94. The average Bonchev–Trinajstić information content (AvgIpc) is 2.11. The Morgan fingerprint density at radius 1 is 1.17 bits per heavy atom. The summed E-state index contributed by atoms with van der Waals surface area (Å²) in [5.74, 6) is -1.71. The zero-order valence-corrected chi connectivity index (χ0v) is 11.4. The van der Waals surface area contributed by atoms with Crippen LogP contribution in [0.3, 0.4) is 0 Å². The normalized spacial score (nSPS) is 12.7. The van der Waals surface area contributed by atoms with E-state index in [0.717, 1.165) is 0 Å². The zero-order valence-electron chi connectivity index (χ0n) is 11.4. The summed E-state index contributed by atoms with van der Waals surface area (Å²) in [6, 6.07) is -0.544. The van der Waals surface area contributed by atoms with Crippen molar-refractivity contribution in [3.63, 3.8) is 0 Å². The number of aliphatic carboxylic acids is 1. The van der Waals surface area contributed by atoms with Crippen LogP contribution in [0.4, 0.5) is 4.79 Å². The van der Waals surface area contributed by atoms with Crippen LogP contribution in [-0.2, 0) is 9.59 Å². The van der Waals surface area contributed by atoms with Crippen LogP contribution in [0.2, 0.25) is 0 Å². The first kappa shape index (κ1) is 16.4. The molecule has 0 aromatic carbocycles. The number of rotatable bonds is 5. The number of carbonyl (C=O) groups excluding carboxylic acids is 2. The maximum absolute atomic E-state index is 11.4. The minimum atomic E-state index is -0.951. The molecule has 1 atom stereocenters. The number of amides is 3. The van der Waals surface area contributed by atoms with Gasteiger partial charge in [0.1, 0.15) is 0 Å². The summed E-state index contributed by atoms with van der Waals surface area (Å²) in [4.78, 5) is 33.2. The number of urea groups is 1. The van der Waals surface area contributed by atoms with Crippen molar-refractivity contribution < 1.29 is 19.5 Å². The molecule has 1 unspecified atom stereocenters. The maximum atomic E-state index is 11.4. The van der Waals surface area contributed by atoms with Crippen LogP contribution in [0.5, 0.6) is 0 Å². The van der Waals surface area contributed by atoms with Crippen molar-refractivity contribution in [2.24, 2.45) is 11.3 Å². The third-order valence-corrected chi connectivity index (χ3v) is 2.09. The van der Waals surface area contributed by atoms with E-state index in [0.29, 0.717) is 6.54 Å². The monoisotopic (exact) mass is 258 g/mol. The highest BCUT2D eigenvalue weighted by Crippen LogP contribution is 2.10. The van der Waals surface area contributed by atoms with Gasteiger partial charge in [-0.15, -0.1) is 0 Å². The molecule has 0 aromatic rings. The zero-order chi connectivity index (χ0) is 14.3. The minimum absolute atomic E-state index is 0.0231. The molecule has 0 saturated heterocycles. The van der Waals surface area contributed by atoms with Crippen LogP contribution in [0.25, 0.3) is 0 Å². The van der Waals surface area contributed by atoms with E-state index in [-0.39, 0.29) is 24.2 Å². The number of nitrogens with one attached hydrogen (secondary N) is 2. The van der Waals surface area contributed by atoms with Crippen LogP contribution >= 0.6 is 0 Å². The van der Waals surface area contributed by atoms with Crippen molar-refractivity contribution in [1.82, 2.24) is 10.6 Å². The van der Waals surface area contributed by atoms with Gasteiger partial charge in [0.2, 0.25) is 5.91 Å². The maximum Gasteiger partial charge on any atom is 0.321 e. The summed E-state index contributed by atoms with van der Waals surface area (Å²) in [5.41, 5.74) is -0.0585. The lowest BCUT2D eigenvalue weighted by Gasteiger charge is -2.18. The van der Waals surface area contributed by atoms with Gasteiger partial charge in [-0.2, -0.15) is 0 Å². The standard InChI is InChI=1S/C12H22N2O4/c1-8(6-10(16)17)5-9(15)14-11(18)13-7-12(2,3)4/h8H,5-7H2,1-4H3,(H,16,17)(H2,13,14,15,18). The Morgan fingerprint density at radius 2 is 1.72 bits per heavy atom. The van der Waals surface area contributed by atoms with Crippen LogP contribution in [0, 0.1) is 11.3 Å². The van der Waals surface area contributed by atoms with Gasteiger partial charge in [0, 0.05) is 19.4 Å². The van der Waals surface area contributed by atoms with Gasteiger partial charge >= 0.3 is 12.0 Å². The van der Waals surface area contributed by atoms with E-state index < -0.39 is 17.9 Å². The first-order chi connectivity index (χ1) is 8.10. The average molecular weight is 258 g/mol. The van der Waals surface area contributed by atoms with E-state index in [9.17, 15) is 14.4 Å². The van der Waals surface area contributed by atoms with Gasteiger partial charge in [-0.3, -0.25) is 14.9 Å². The second kappa shape index (κ2) is 6.98. The largest absolute Gasteiger partial charge is 0.481 e. The van der Waals surface area contributed by atoms with Crippen molar-refractivity contribution in [2.75, 3.05) is 6.54 Å². The molecule has 0 heterocycles. The first-order valence-corrected chi connectivity index (χ1v) is 5.89. The fourth-order valence-corrected chi connectivity index (χ4v) is 1.25. The van der Waals surface area contributed by atoms with Gasteiger partial charge in [-0.1, -0.05) is 27.7 Å². The SMILES string of the molecule is CC(CC(=O)O)CC(=O)NC(=O)NCC(C)(C)C. The lowest BCUT2D eigenvalue weighted by molar-refractivity contribution is -0.138. The van der Waals surface area contributed by atoms with Gasteiger partial charge in [-0.25, -0.2) is 4.79 Å². The van der Waals surface area contributed by atoms with E-state index in [1.807, 2.05) is 20.8 Å². The van der Waals surface area contributed by atoms with E-state index in [1.165, 1.54) is 0 Å². The Morgan fingerprint density at radius 3 is 2.17 bits per heavy atom. The van der Waals surface area contributed by atoms with Crippen LogP contribution in [0.1, 0.15) is 40.5 Å². The molecule has 104 valence electrons. The summed E-state index contributed by atoms with van der Waals surface area (Å²) in [6.07, 6.45) is -0.0632. The van der Waals surface area contributed by atoms with Crippen molar-refractivity contribution >= 4 is 17.9 Å². The molecule has 0 bridgehead atoms. The molecule has 18 heavy (non-hydrogen) atoms. The van der Waals surface area contributed by atoms with Crippen molar-refractivity contribution in [1.29, 1.82) is 0 Å². The van der Waals surface area contributed by atoms with Crippen molar-refractivity contribution in [2.45, 2.75) is 40.5 Å². The van der Waals surface area contributed by atoms with Gasteiger partial charge in [-0.05, 0) is 11.3 Å². The number of carboxylic acids is 1. The van der Waals surface area contributed by atoms with Gasteiger partial charge in [0.05, 0.1) is 0 Å². The molecular formula is C12H22N2O4. The lowest BCUT2D eigenvalue weighted by Crippen LogP contribution is -2.43. The minimum Gasteiger partial charge on any atom is -0.481 e. The van der Waals surface area contributed by atoms with E-state index in [1.54, 1.807) is 6.92 Å². The molecule has 6 nitrogen and oxygen atoms in total. The molecule has 0 aliphatic heterocycles. The molecule has 0 saturated carbocycles. The van der Waals surface area contributed by atoms with Gasteiger partial charge < -0.3 is 10.4 Å². The Labute approximate surface area is 107 Å². The summed E-state index contributed by atoms with van der Waals surface area (Å²) in [7, 11) is 0. The Kier molecular flexibility index (Phi) is 6.36. The molecular weight excluding hydrogens is 236 g/mol. The molecule has 0 aromatic heterocycles. The highest BCUT2D eigenvalue weighted by atomic mass is 16.4. The summed E-state index contributed by atoms with van der Waals surface area (Å²) < 4.78 is 0. The molecule has 3 amide bonds. The molecule has 0 rings (SSSR count). The van der Waals surface area contributed by atoms with Crippen LogP contribution in [0.15, 0.2) is 0 Å². The molecule has 0 radical (unpaired) electrons. The van der Waals surface area contributed by atoms with Crippen LogP contribution < -0.4 is 10.6 Å². The van der Waals surface area contributed by atoms with E-state index >= 15 is 0 Å². The lowest BCUT2D eigenvalue weighted by atomic mass is 9.97. The number of imide groups is 1. The highest BCUT2D eigenvalue weighted by molar-refractivity contribution is 5.94.